The molecule has 5 rings (SSSR count). The summed E-state index contributed by atoms with van der Waals surface area (Å²) in [5, 5.41) is 3.41. The van der Waals surface area contributed by atoms with Gasteiger partial charge in [-0.2, -0.15) is 4.98 Å². The molecule has 0 atom stereocenters. The molecule has 3 aromatic heterocycles. The second-order valence-electron chi connectivity index (χ2n) is 6.19. The van der Waals surface area contributed by atoms with Crippen molar-refractivity contribution >= 4 is 5.82 Å². The number of rotatable bonds is 5. The number of ether oxygens (including phenoxy) is 2. The number of imidazole rings is 1. The van der Waals surface area contributed by atoms with Crippen LogP contribution in [0.4, 0.5) is 5.82 Å². The maximum atomic E-state index is 5.46. The normalized spacial score (nSPS) is 12.1. The molecule has 0 spiro atoms. The van der Waals surface area contributed by atoms with Gasteiger partial charge in [-0.3, -0.25) is 9.55 Å². The maximum absolute atomic E-state index is 5.46. The molecule has 0 unspecified atom stereocenters. The topological polar surface area (TPSA) is 87.0 Å². The minimum atomic E-state index is 0.261. The summed E-state index contributed by atoms with van der Waals surface area (Å²) in [6.45, 7) is 0.835. The molecule has 1 aromatic carbocycles. The first-order valence-electron chi connectivity index (χ1n) is 8.75. The molecule has 0 aliphatic carbocycles. The molecule has 0 amide bonds. The van der Waals surface area contributed by atoms with E-state index < -0.39 is 0 Å². The van der Waals surface area contributed by atoms with E-state index in [1.165, 1.54) is 0 Å². The van der Waals surface area contributed by atoms with Crippen molar-refractivity contribution in [3.63, 3.8) is 0 Å². The van der Waals surface area contributed by atoms with Crippen LogP contribution in [0.5, 0.6) is 11.5 Å². The highest BCUT2D eigenvalue weighted by Gasteiger charge is 2.14. The first-order valence-corrected chi connectivity index (χ1v) is 8.75. The molecule has 1 aliphatic rings. The number of hydrogen-bond donors (Lipinski definition) is 1. The Bertz CT molecular complexity index is 1100. The fourth-order valence-electron chi connectivity index (χ4n) is 2.98. The number of fused-ring (bicyclic) bond motifs is 1. The molecule has 138 valence electrons. The average Bonchev–Trinajstić information content (AvgIpc) is 3.44. The van der Waals surface area contributed by atoms with Crippen LogP contribution in [0, 0.1) is 0 Å². The largest absolute Gasteiger partial charge is 0.454 e. The first kappa shape index (κ1) is 16.2. The van der Waals surface area contributed by atoms with Crippen LogP contribution in [-0.4, -0.2) is 31.3 Å². The molecule has 1 N–H and O–H groups in total. The Kier molecular flexibility index (Phi) is 4.06. The van der Waals surface area contributed by atoms with Crippen LogP contribution in [0.25, 0.3) is 17.1 Å². The summed E-state index contributed by atoms with van der Waals surface area (Å²) in [5.74, 6) is 2.78. The lowest BCUT2D eigenvalue weighted by Gasteiger charge is -2.13. The number of nitrogens with zero attached hydrogens (tertiary/aromatic N) is 5. The van der Waals surface area contributed by atoms with Crippen LogP contribution in [0.3, 0.4) is 0 Å². The van der Waals surface area contributed by atoms with Crippen molar-refractivity contribution in [3.05, 3.63) is 73.2 Å². The second kappa shape index (κ2) is 6.99. The van der Waals surface area contributed by atoms with Gasteiger partial charge in [0.05, 0.1) is 0 Å². The van der Waals surface area contributed by atoms with Gasteiger partial charge in [0.2, 0.25) is 12.7 Å². The summed E-state index contributed by atoms with van der Waals surface area (Å²) < 4.78 is 12.6. The third-order valence-corrected chi connectivity index (χ3v) is 4.38. The minimum absolute atomic E-state index is 0.261. The molecule has 28 heavy (non-hydrogen) atoms. The van der Waals surface area contributed by atoms with Crippen molar-refractivity contribution in [2.45, 2.75) is 6.54 Å². The minimum Gasteiger partial charge on any atom is -0.454 e. The Morgan fingerprint density at radius 2 is 2.00 bits per heavy atom. The van der Waals surface area contributed by atoms with Crippen molar-refractivity contribution in [1.82, 2.24) is 24.5 Å². The molecule has 0 fully saturated rings. The summed E-state index contributed by atoms with van der Waals surface area (Å²) in [6, 6.07) is 9.76. The summed E-state index contributed by atoms with van der Waals surface area (Å²) >= 11 is 0. The standard InChI is InChI=1S/C20H16N6O2/c1-2-15(10-21-5-1)16-11-24-20(26-7-6-22-12-26)25-19(16)23-9-14-3-4-17-18(8-14)28-13-27-17/h1-8,10-12H,9,13H2,(H,23,24,25). The molecule has 1 aliphatic heterocycles. The SMILES string of the molecule is c1cncc(-c2cnc(-n3ccnc3)nc2NCc2ccc3c(c2)OCO3)c1. The summed E-state index contributed by atoms with van der Waals surface area (Å²) in [4.78, 5) is 17.4. The highest BCUT2D eigenvalue weighted by molar-refractivity contribution is 5.74. The van der Waals surface area contributed by atoms with Crippen LogP contribution < -0.4 is 14.8 Å². The lowest BCUT2D eigenvalue weighted by Crippen LogP contribution is -2.07. The van der Waals surface area contributed by atoms with Gasteiger partial charge in [0, 0.05) is 48.7 Å². The molecule has 4 aromatic rings. The van der Waals surface area contributed by atoms with E-state index in [0.717, 1.165) is 28.2 Å². The van der Waals surface area contributed by atoms with E-state index in [2.05, 4.69) is 20.3 Å². The number of aromatic nitrogens is 5. The van der Waals surface area contributed by atoms with Gasteiger partial charge >= 0.3 is 0 Å². The van der Waals surface area contributed by atoms with Gasteiger partial charge in [-0.25, -0.2) is 9.97 Å². The molecular formula is C20H16N6O2. The van der Waals surface area contributed by atoms with E-state index in [-0.39, 0.29) is 6.79 Å². The molecule has 0 saturated carbocycles. The lowest BCUT2D eigenvalue weighted by molar-refractivity contribution is 0.174. The predicted octanol–water partition coefficient (Wildman–Crippen LogP) is 3.07. The van der Waals surface area contributed by atoms with Gasteiger partial charge < -0.3 is 14.8 Å². The van der Waals surface area contributed by atoms with E-state index in [9.17, 15) is 0 Å². The molecule has 4 heterocycles. The van der Waals surface area contributed by atoms with Crippen molar-refractivity contribution in [2.24, 2.45) is 0 Å². The highest BCUT2D eigenvalue weighted by atomic mass is 16.7. The third-order valence-electron chi connectivity index (χ3n) is 4.38. The summed E-state index contributed by atoms with van der Waals surface area (Å²) in [6.07, 6.45) is 10.5. The van der Waals surface area contributed by atoms with Gasteiger partial charge in [-0.05, 0) is 23.8 Å². The summed E-state index contributed by atoms with van der Waals surface area (Å²) in [7, 11) is 0. The molecule has 8 heteroatoms. The zero-order chi connectivity index (χ0) is 18.8. The van der Waals surface area contributed by atoms with Gasteiger partial charge in [-0.15, -0.1) is 0 Å². The Morgan fingerprint density at radius 3 is 2.86 bits per heavy atom. The van der Waals surface area contributed by atoms with Gasteiger partial charge in [-0.1, -0.05) is 12.1 Å². The smallest absolute Gasteiger partial charge is 0.236 e. The van der Waals surface area contributed by atoms with Gasteiger partial charge in [0.1, 0.15) is 12.1 Å². The molecule has 0 radical (unpaired) electrons. The molecule has 0 saturated heterocycles. The van der Waals surface area contributed by atoms with Crippen LogP contribution in [0.1, 0.15) is 5.56 Å². The van der Waals surface area contributed by atoms with Crippen LogP contribution in [-0.2, 0) is 6.54 Å². The third kappa shape index (κ3) is 3.11. The maximum Gasteiger partial charge on any atom is 0.236 e. The fourth-order valence-corrected chi connectivity index (χ4v) is 2.98. The van der Waals surface area contributed by atoms with Gasteiger partial charge in [0.15, 0.2) is 11.5 Å². The Labute approximate surface area is 160 Å². The number of anilines is 1. The molecule has 0 bridgehead atoms. The average molecular weight is 372 g/mol. The molecular weight excluding hydrogens is 356 g/mol. The van der Waals surface area contributed by atoms with Gasteiger partial charge in [0.25, 0.3) is 0 Å². The summed E-state index contributed by atoms with van der Waals surface area (Å²) in [5.41, 5.74) is 2.87. The zero-order valence-corrected chi connectivity index (χ0v) is 14.8. The number of nitrogens with one attached hydrogen (secondary N) is 1. The quantitative estimate of drug-likeness (QED) is 0.576. The van der Waals surface area contributed by atoms with Crippen LogP contribution >= 0.6 is 0 Å². The Morgan fingerprint density at radius 1 is 1.04 bits per heavy atom. The first-order chi connectivity index (χ1) is 13.9. The van der Waals surface area contributed by atoms with Crippen molar-refractivity contribution in [3.8, 4) is 28.6 Å². The molecule has 8 nitrogen and oxygen atoms in total. The van der Waals surface area contributed by atoms with Crippen molar-refractivity contribution in [1.29, 1.82) is 0 Å². The predicted molar refractivity (Wildman–Crippen MR) is 102 cm³/mol. The lowest BCUT2D eigenvalue weighted by atomic mass is 10.1. The van der Waals surface area contributed by atoms with Crippen LogP contribution in [0.15, 0.2) is 67.6 Å². The fraction of sp³-hybridized carbons (Fsp3) is 0.100. The van der Waals surface area contributed by atoms with E-state index >= 15 is 0 Å². The highest BCUT2D eigenvalue weighted by Crippen LogP contribution is 2.33. The monoisotopic (exact) mass is 372 g/mol. The van der Waals surface area contributed by atoms with E-state index in [0.29, 0.717) is 18.3 Å². The second-order valence-corrected chi connectivity index (χ2v) is 6.19. The van der Waals surface area contributed by atoms with E-state index in [1.54, 1.807) is 41.9 Å². The van der Waals surface area contributed by atoms with E-state index in [4.69, 9.17) is 14.5 Å². The number of benzene rings is 1. The number of hydrogen-bond acceptors (Lipinski definition) is 7. The van der Waals surface area contributed by atoms with E-state index in [1.807, 2.05) is 30.3 Å². The zero-order valence-electron chi connectivity index (χ0n) is 14.8. The van der Waals surface area contributed by atoms with Crippen molar-refractivity contribution < 1.29 is 9.47 Å². The number of pyridine rings is 1. The van der Waals surface area contributed by atoms with Crippen LogP contribution in [0.2, 0.25) is 0 Å². The van der Waals surface area contributed by atoms with Crippen molar-refractivity contribution in [2.75, 3.05) is 12.1 Å². The Hall–Kier alpha value is -3.94. The Balaban J connectivity index is 1.47.